The molecule has 0 atom stereocenters. The van der Waals surface area contributed by atoms with Crippen LogP contribution in [-0.4, -0.2) is 40.7 Å². The minimum absolute atomic E-state index is 0.0199. The van der Waals surface area contributed by atoms with Crippen LogP contribution in [0.25, 0.3) is 11.0 Å². The van der Waals surface area contributed by atoms with Gasteiger partial charge in [0.2, 0.25) is 5.95 Å². The number of fused-ring (bicyclic) bond motifs is 1. The zero-order valence-corrected chi connectivity index (χ0v) is 23.2. The highest BCUT2D eigenvalue weighted by Crippen LogP contribution is 2.28. The summed E-state index contributed by atoms with van der Waals surface area (Å²) >= 11 is 4.44. The molecule has 2 aromatic carbocycles. The number of halogens is 1. The number of hydrogen-bond acceptors (Lipinski definition) is 7. The van der Waals surface area contributed by atoms with Gasteiger partial charge in [-0.3, -0.25) is 9.36 Å². The number of piperidine rings is 1. The van der Waals surface area contributed by atoms with E-state index in [-0.39, 0.29) is 12.1 Å². The zero-order chi connectivity index (χ0) is 27.6. The lowest BCUT2D eigenvalue weighted by atomic mass is 10.0. The van der Waals surface area contributed by atoms with Crippen molar-refractivity contribution in [3.05, 3.63) is 82.0 Å². The van der Waals surface area contributed by atoms with Crippen LogP contribution in [0.5, 0.6) is 0 Å². The smallest absolute Gasteiger partial charge is 0.268 e. The topological polar surface area (TPSA) is 75.1 Å². The van der Waals surface area contributed by atoms with E-state index in [2.05, 4.69) is 64.2 Å². The summed E-state index contributed by atoms with van der Waals surface area (Å²) in [6.45, 7) is 2.06. The van der Waals surface area contributed by atoms with Crippen molar-refractivity contribution in [2.45, 2.75) is 43.2 Å². The second-order valence-electron chi connectivity index (χ2n) is 10.5. The highest BCUT2D eigenvalue weighted by Gasteiger charge is 2.20. The van der Waals surface area contributed by atoms with Gasteiger partial charge in [0.05, 0.1) is 12.1 Å². The fourth-order valence-corrected chi connectivity index (χ4v) is 5.30. The van der Waals surface area contributed by atoms with Gasteiger partial charge in [-0.25, -0.2) is 9.37 Å². The second kappa shape index (κ2) is 11.3. The maximum atomic E-state index is 14.8. The summed E-state index contributed by atoms with van der Waals surface area (Å²) in [5, 5.41) is 7.32. The zero-order valence-electron chi connectivity index (χ0n) is 22.3. The Morgan fingerprint density at radius 3 is 2.65 bits per heavy atom. The first-order valence-electron chi connectivity index (χ1n) is 13.7. The van der Waals surface area contributed by atoms with Gasteiger partial charge in [0.25, 0.3) is 5.56 Å². The first-order chi connectivity index (χ1) is 19.5. The molecule has 0 amide bonds. The van der Waals surface area contributed by atoms with Crippen LogP contribution in [0, 0.1) is 23.6 Å². The molecular formula is C31H31FN6OS. The summed E-state index contributed by atoms with van der Waals surface area (Å²) in [7, 11) is 2.14. The molecule has 40 heavy (non-hydrogen) atoms. The number of nitrogens with one attached hydrogen (secondary N) is 2. The first-order valence-corrected chi connectivity index (χ1v) is 14.1. The molecule has 0 bridgehead atoms. The lowest BCUT2D eigenvalue weighted by Gasteiger charge is -2.33. The lowest BCUT2D eigenvalue weighted by molar-refractivity contribution is 0.443. The monoisotopic (exact) mass is 554 g/mol. The molecule has 1 saturated carbocycles. The van der Waals surface area contributed by atoms with Crippen LogP contribution in [-0.2, 0) is 6.54 Å². The van der Waals surface area contributed by atoms with E-state index in [4.69, 9.17) is 4.98 Å². The Bertz CT molecular complexity index is 1650. The van der Waals surface area contributed by atoms with Gasteiger partial charge in [0, 0.05) is 52.4 Å². The normalized spacial score (nSPS) is 15.5. The molecule has 1 aliphatic carbocycles. The maximum absolute atomic E-state index is 14.8. The summed E-state index contributed by atoms with van der Waals surface area (Å²) in [5.41, 5.74) is 2.74. The van der Waals surface area contributed by atoms with Crippen molar-refractivity contribution in [2.24, 2.45) is 5.92 Å². The molecule has 2 aromatic heterocycles. The van der Waals surface area contributed by atoms with Crippen molar-refractivity contribution >= 4 is 41.0 Å². The number of rotatable bonds is 6. The quantitative estimate of drug-likeness (QED) is 0.231. The fraction of sp³-hybridized carbons (Fsp3) is 0.323. The van der Waals surface area contributed by atoms with Crippen molar-refractivity contribution in [1.82, 2.24) is 19.9 Å². The van der Waals surface area contributed by atoms with E-state index in [9.17, 15) is 9.18 Å². The number of aromatic nitrogens is 3. The van der Waals surface area contributed by atoms with Crippen LogP contribution < -0.4 is 21.1 Å². The van der Waals surface area contributed by atoms with Crippen LogP contribution in [0.1, 0.15) is 36.8 Å². The minimum atomic E-state index is -0.427. The molecule has 204 valence electrons. The number of benzene rings is 2. The fourth-order valence-electron chi connectivity index (χ4n) is 5.04. The van der Waals surface area contributed by atoms with Crippen LogP contribution in [0.2, 0.25) is 0 Å². The Morgan fingerprint density at radius 2 is 1.93 bits per heavy atom. The van der Waals surface area contributed by atoms with Gasteiger partial charge in [0.15, 0.2) is 0 Å². The van der Waals surface area contributed by atoms with Crippen LogP contribution >= 0.6 is 12.6 Å². The number of pyridine rings is 1. The minimum Gasteiger partial charge on any atom is -0.372 e. The van der Waals surface area contributed by atoms with E-state index in [1.54, 1.807) is 24.4 Å². The Kier molecular flexibility index (Phi) is 7.46. The van der Waals surface area contributed by atoms with Crippen molar-refractivity contribution < 1.29 is 4.39 Å². The summed E-state index contributed by atoms with van der Waals surface area (Å²) in [4.78, 5) is 25.6. The molecule has 2 aliphatic rings. The molecule has 2 fully saturated rings. The standard InChI is InChI=1S/C31H31FN6OS/c1-37(25-13-15-33-16-14-25)24-11-9-23(10-12-24)35-31-34-18-22-17-21(8-7-20-5-6-20)30(39)38(29(22)36-31)19-26-27(32)3-2-4-28(26)40/h2-4,9-12,17-18,20,25,33,40H,5-6,13-16,19H2,1H3,(H,34,35,36). The largest absolute Gasteiger partial charge is 0.372 e. The van der Waals surface area contributed by atoms with E-state index in [1.807, 2.05) is 12.1 Å². The Balaban J connectivity index is 1.32. The Morgan fingerprint density at radius 1 is 1.15 bits per heavy atom. The van der Waals surface area contributed by atoms with Gasteiger partial charge in [-0.1, -0.05) is 17.9 Å². The second-order valence-corrected chi connectivity index (χ2v) is 10.9. The number of hydrogen-bond donors (Lipinski definition) is 3. The Labute approximate surface area is 238 Å². The highest BCUT2D eigenvalue weighted by atomic mass is 32.1. The number of nitrogens with zero attached hydrogens (tertiary/aromatic N) is 4. The van der Waals surface area contributed by atoms with Gasteiger partial charge >= 0.3 is 0 Å². The summed E-state index contributed by atoms with van der Waals surface area (Å²) in [6.07, 6.45) is 6.03. The molecule has 1 aliphatic heterocycles. The molecule has 0 spiro atoms. The number of anilines is 3. The van der Waals surface area contributed by atoms with E-state index < -0.39 is 5.82 Å². The molecule has 1 saturated heterocycles. The van der Waals surface area contributed by atoms with E-state index in [0.717, 1.165) is 50.1 Å². The predicted octanol–water partition coefficient (Wildman–Crippen LogP) is 4.96. The molecule has 4 aromatic rings. The molecule has 6 rings (SSSR count). The van der Waals surface area contributed by atoms with Gasteiger partial charge in [-0.05, 0) is 81.2 Å². The average Bonchev–Trinajstić information content (AvgIpc) is 3.80. The summed E-state index contributed by atoms with van der Waals surface area (Å²) in [5.74, 6) is 6.46. The van der Waals surface area contributed by atoms with Crippen molar-refractivity contribution in [3.63, 3.8) is 0 Å². The van der Waals surface area contributed by atoms with E-state index >= 15 is 0 Å². The summed E-state index contributed by atoms with van der Waals surface area (Å²) in [6, 6.07) is 15.1. The molecule has 9 heteroatoms. The lowest BCUT2D eigenvalue weighted by Crippen LogP contribution is -2.41. The first kappa shape index (κ1) is 26.4. The van der Waals surface area contributed by atoms with Gasteiger partial charge in [0.1, 0.15) is 11.5 Å². The van der Waals surface area contributed by atoms with Gasteiger partial charge < -0.3 is 15.5 Å². The molecular weight excluding hydrogens is 523 g/mol. The molecule has 3 heterocycles. The Hall–Kier alpha value is -3.87. The predicted molar refractivity (Wildman–Crippen MR) is 160 cm³/mol. The van der Waals surface area contributed by atoms with Crippen molar-refractivity contribution in [3.8, 4) is 11.8 Å². The van der Waals surface area contributed by atoms with E-state index in [1.165, 1.54) is 10.6 Å². The number of thiol groups is 1. The van der Waals surface area contributed by atoms with Crippen molar-refractivity contribution in [2.75, 3.05) is 30.4 Å². The van der Waals surface area contributed by atoms with Crippen LogP contribution in [0.4, 0.5) is 21.7 Å². The van der Waals surface area contributed by atoms with Crippen molar-refractivity contribution in [1.29, 1.82) is 0 Å². The highest BCUT2D eigenvalue weighted by molar-refractivity contribution is 7.80. The van der Waals surface area contributed by atoms with Crippen LogP contribution in [0.3, 0.4) is 0 Å². The third kappa shape index (κ3) is 5.69. The molecule has 7 nitrogen and oxygen atoms in total. The summed E-state index contributed by atoms with van der Waals surface area (Å²) < 4.78 is 16.2. The average molecular weight is 555 g/mol. The third-order valence-electron chi connectivity index (χ3n) is 7.61. The molecule has 0 radical (unpaired) electrons. The van der Waals surface area contributed by atoms with Crippen LogP contribution in [0.15, 0.2) is 64.4 Å². The maximum Gasteiger partial charge on any atom is 0.268 e. The SMILES string of the molecule is CN(c1ccc(Nc2ncc3cc(C#CC4CC4)c(=O)n(Cc4c(F)cccc4S)c3n2)cc1)C1CCNCC1. The molecule has 2 N–H and O–H groups in total. The van der Waals surface area contributed by atoms with Gasteiger partial charge in [-0.2, -0.15) is 4.98 Å². The van der Waals surface area contributed by atoms with Gasteiger partial charge in [-0.15, -0.1) is 12.6 Å². The molecule has 0 unspecified atom stereocenters. The van der Waals surface area contributed by atoms with E-state index in [0.29, 0.717) is 45.0 Å². The third-order valence-corrected chi connectivity index (χ3v) is 8.03.